The molecule has 6 heteroatoms. The number of ether oxygens (including phenoxy) is 3. The smallest absolute Gasteiger partial charge is 0.253 e. The summed E-state index contributed by atoms with van der Waals surface area (Å²) >= 11 is 0. The maximum atomic E-state index is 11.6. The van der Waals surface area contributed by atoms with Crippen LogP contribution in [0, 0.1) is 0 Å². The van der Waals surface area contributed by atoms with Gasteiger partial charge in [0.2, 0.25) is 0 Å². The first kappa shape index (κ1) is 16.1. The molecule has 6 nitrogen and oxygen atoms in total. The van der Waals surface area contributed by atoms with Crippen molar-refractivity contribution >= 4 is 5.91 Å². The molecule has 0 bridgehead atoms. The number of allylic oxidation sites excluding steroid dienone is 1. The Kier molecular flexibility index (Phi) is 4.77. The lowest BCUT2D eigenvalue weighted by Crippen LogP contribution is -2.57. The Labute approximate surface area is 135 Å². The molecule has 2 aliphatic rings. The molecule has 0 radical (unpaired) electrons. The van der Waals surface area contributed by atoms with Gasteiger partial charge in [-0.2, -0.15) is 0 Å². The number of carbonyl (C=O) groups is 1. The fourth-order valence-electron chi connectivity index (χ4n) is 2.72. The summed E-state index contributed by atoms with van der Waals surface area (Å²) in [7, 11) is 0. The molecule has 2 fully saturated rings. The Hall–Kier alpha value is -1.73. The van der Waals surface area contributed by atoms with Crippen LogP contribution < -0.4 is 5.32 Å². The summed E-state index contributed by atoms with van der Waals surface area (Å²) in [6.07, 6.45) is -1.94. The number of rotatable bonds is 4. The maximum absolute atomic E-state index is 11.6. The molecule has 1 aromatic carbocycles. The van der Waals surface area contributed by atoms with Gasteiger partial charge >= 0.3 is 0 Å². The van der Waals surface area contributed by atoms with Crippen molar-refractivity contribution in [3.05, 3.63) is 47.0 Å². The maximum Gasteiger partial charge on any atom is 0.253 e. The molecule has 0 unspecified atom stereocenters. The second kappa shape index (κ2) is 6.80. The summed E-state index contributed by atoms with van der Waals surface area (Å²) in [4.78, 5) is 11.6. The minimum Gasteiger partial charge on any atom is -0.394 e. The van der Waals surface area contributed by atoms with Crippen molar-refractivity contribution in [2.45, 2.75) is 38.6 Å². The van der Waals surface area contributed by atoms with Crippen LogP contribution in [0.15, 0.2) is 41.5 Å². The van der Waals surface area contributed by atoms with Gasteiger partial charge in [-0.25, -0.2) is 0 Å². The molecule has 0 spiro atoms. The van der Waals surface area contributed by atoms with Crippen molar-refractivity contribution in [1.82, 2.24) is 5.32 Å². The van der Waals surface area contributed by atoms with Gasteiger partial charge in [0, 0.05) is 5.56 Å². The van der Waals surface area contributed by atoms with Crippen LogP contribution in [0.4, 0.5) is 0 Å². The van der Waals surface area contributed by atoms with E-state index in [9.17, 15) is 9.90 Å². The number of carbonyl (C=O) groups excluding carboxylic acids is 1. The Morgan fingerprint density at radius 3 is 2.70 bits per heavy atom. The van der Waals surface area contributed by atoms with E-state index in [4.69, 9.17) is 14.2 Å². The van der Waals surface area contributed by atoms with Crippen LogP contribution >= 0.6 is 0 Å². The van der Waals surface area contributed by atoms with Crippen molar-refractivity contribution < 1.29 is 24.1 Å². The monoisotopic (exact) mass is 319 g/mol. The Morgan fingerprint density at radius 2 is 2.09 bits per heavy atom. The molecule has 3 rings (SSSR count). The van der Waals surface area contributed by atoms with Gasteiger partial charge in [-0.3, -0.25) is 4.79 Å². The van der Waals surface area contributed by atoms with Crippen molar-refractivity contribution in [2.75, 3.05) is 13.2 Å². The van der Waals surface area contributed by atoms with E-state index >= 15 is 0 Å². The highest BCUT2D eigenvalue weighted by molar-refractivity contribution is 6.01. The van der Waals surface area contributed by atoms with Gasteiger partial charge in [-0.15, -0.1) is 0 Å². The first-order valence-corrected chi connectivity index (χ1v) is 7.66. The number of benzene rings is 1. The first-order valence-electron chi connectivity index (χ1n) is 7.66. The molecule has 23 heavy (non-hydrogen) atoms. The predicted molar refractivity (Wildman–Crippen MR) is 82.3 cm³/mol. The first-order chi connectivity index (χ1) is 11.1. The van der Waals surface area contributed by atoms with Gasteiger partial charge in [0.05, 0.1) is 18.8 Å². The van der Waals surface area contributed by atoms with Gasteiger partial charge in [-0.1, -0.05) is 35.9 Å². The van der Waals surface area contributed by atoms with E-state index in [2.05, 4.69) is 5.32 Å². The predicted octanol–water partition coefficient (Wildman–Crippen LogP) is 1.27. The molecule has 124 valence electrons. The summed E-state index contributed by atoms with van der Waals surface area (Å²) in [5.41, 5.74) is 2.44. The highest BCUT2D eigenvalue weighted by Crippen LogP contribution is 2.30. The largest absolute Gasteiger partial charge is 0.394 e. The number of hydrogen-bond acceptors (Lipinski definition) is 5. The summed E-state index contributed by atoms with van der Waals surface area (Å²) in [6, 6.07) is 9.55. The van der Waals surface area contributed by atoms with E-state index in [1.165, 1.54) is 0 Å². The summed E-state index contributed by atoms with van der Waals surface area (Å²) in [6.45, 7) is 3.84. The molecule has 0 aromatic heterocycles. The molecule has 2 N–H and O–H groups in total. The Balaban J connectivity index is 1.64. The zero-order chi connectivity index (χ0) is 16.4. The lowest BCUT2D eigenvalue weighted by atomic mass is 10.0. The molecule has 0 aliphatic carbocycles. The van der Waals surface area contributed by atoms with Crippen molar-refractivity contribution in [1.29, 1.82) is 0 Å². The summed E-state index contributed by atoms with van der Waals surface area (Å²) in [5.74, 6) is -0.115. The molecule has 2 saturated heterocycles. The van der Waals surface area contributed by atoms with Crippen LogP contribution in [0.2, 0.25) is 0 Å². The van der Waals surface area contributed by atoms with Gasteiger partial charge in [0.1, 0.15) is 12.2 Å². The number of aliphatic hydroxyl groups excluding tert-OH is 1. The van der Waals surface area contributed by atoms with E-state index in [1.807, 2.05) is 44.2 Å². The fourth-order valence-corrected chi connectivity index (χ4v) is 2.72. The Bertz CT molecular complexity index is 596. The average Bonchev–Trinajstić information content (AvgIpc) is 2.54. The van der Waals surface area contributed by atoms with E-state index in [0.29, 0.717) is 5.57 Å². The van der Waals surface area contributed by atoms with Gasteiger partial charge in [0.15, 0.2) is 12.5 Å². The van der Waals surface area contributed by atoms with Crippen LogP contribution in [0.25, 0.3) is 0 Å². The highest BCUT2D eigenvalue weighted by atomic mass is 16.7. The van der Waals surface area contributed by atoms with Crippen molar-refractivity contribution in [2.24, 2.45) is 0 Å². The third-order valence-corrected chi connectivity index (χ3v) is 4.00. The molecule has 2 heterocycles. The lowest BCUT2D eigenvalue weighted by Gasteiger charge is -2.40. The zero-order valence-corrected chi connectivity index (χ0v) is 13.2. The number of hydrogen-bond donors (Lipinski definition) is 2. The van der Waals surface area contributed by atoms with Crippen LogP contribution in [0.5, 0.6) is 0 Å². The van der Waals surface area contributed by atoms with Crippen LogP contribution in [0.3, 0.4) is 0 Å². The SMILES string of the molecule is CC(C)=C1C(=O)N[C@@H]1O[C@@H]1CO[C@@H](c2ccccc2)O[C@H]1CO. The molecular weight excluding hydrogens is 298 g/mol. The Morgan fingerprint density at radius 1 is 1.35 bits per heavy atom. The standard InChI is InChI=1S/C17H21NO5/c1-10(2)14-15(20)18-16(14)22-13-9-21-17(23-12(13)8-19)11-6-4-3-5-7-11/h3-7,12-13,16-17,19H,8-9H2,1-2H3,(H,18,20)/t12-,13+,16+,17+/m0/s1. The van der Waals surface area contributed by atoms with Crippen molar-refractivity contribution in [3.8, 4) is 0 Å². The number of amides is 1. The van der Waals surface area contributed by atoms with Crippen LogP contribution in [-0.2, 0) is 19.0 Å². The topological polar surface area (TPSA) is 77.0 Å². The average molecular weight is 319 g/mol. The van der Waals surface area contributed by atoms with E-state index in [-0.39, 0.29) is 19.1 Å². The number of β-lactam (4-membered cyclic amide) rings is 1. The molecule has 4 atom stereocenters. The molecular formula is C17H21NO5. The fraction of sp³-hybridized carbons (Fsp3) is 0.471. The van der Waals surface area contributed by atoms with Gasteiger partial charge < -0.3 is 24.6 Å². The minimum absolute atomic E-state index is 0.115. The molecule has 0 saturated carbocycles. The van der Waals surface area contributed by atoms with Gasteiger partial charge in [0.25, 0.3) is 5.91 Å². The van der Waals surface area contributed by atoms with Gasteiger partial charge in [-0.05, 0) is 13.8 Å². The normalized spacial score (nSPS) is 30.6. The highest BCUT2D eigenvalue weighted by Gasteiger charge is 2.40. The number of aliphatic hydroxyl groups is 1. The third kappa shape index (κ3) is 3.30. The third-order valence-electron chi connectivity index (χ3n) is 4.00. The molecule has 2 aliphatic heterocycles. The number of nitrogens with one attached hydrogen (secondary N) is 1. The zero-order valence-electron chi connectivity index (χ0n) is 13.2. The van der Waals surface area contributed by atoms with E-state index in [0.717, 1.165) is 11.1 Å². The lowest BCUT2D eigenvalue weighted by molar-refractivity contribution is -0.279. The summed E-state index contributed by atoms with van der Waals surface area (Å²) < 4.78 is 17.4. The second-order valence-electron chi connectivity index (χ2n) is 5.87. The molecule has 1 aromatic rings. The second-order valence-corrected chi connectivity index (χ2v) is 5.87. The van der Waals surface area contributed by atoms with Crippen LogP contribution in [0.1, 0.15) is 25.7 Å². The van der Waals surface area contributed by atoms with Crippen molar-refractivity contribution in [3.63, 3.8) is 0 Å². The van der Waals surface area contributed by atoms with Crippen LogP contribution in [-0.4, -0.2) is 42.7 Å². The summed E-state index contributed by atoms with van der Waals surface area (Å²) in [5, 5.41) is 12.3. The quantitative estimate of drug-likeness (QED) is 0.645. The van der Waals surface area contributed by atoms with E-state index in [1.54, 1.807) is 0 Å². The van der Waals surface area contributed by atoms with E-state index < -0.39 is 24.7 Å². The minimum atomic E-state index is -0.521. The molecule has 1 amide bonds.